The summed E-state index contributed by atoms with van der Waals surface area (Å²) in [6.45, 7) is 0. The molecule has 0 bridgehead atoms. The highest BCUT2D eigenvalue weighted by Gasteiger charge is 2.21. The lowest BCUT2D eigenvalue weighted by atomic mass is 10.0. The van der Waals surface area contributed by atoms with Gasteiger partial charge in [-0.3, -0.25) is 19.0 Å². The number of benzene rings is 2. The highest BCUT2D eigenvalue weighted by molar-refractivity contribution is 6.30. The third-order valence-electron chi connectivity index (χ3n) is 5.61. The van der Waals surface area contributed by atoms with E-state index in [4.69, 9.17) is 11.6 Å². The van der Waals surface area contributed by atoms with Crippen LogP contribution in [0.5, 0.6) is 0 Å². The first-order chi connectivity index (χ1) is 16.3. The van der Waals surface area contributed by atoms with Gasteiger partial charge in [-0.25, -0.2) is 13.2 Å². The summed E-state index contributed by atoms with van der Waals surface area (Å²) in [5.74, 6) is 0. The zero-order valence-corrected chi connectivity index (χ0v) is 18.7. The Labute approximate surface area is 197 Å². The molecule has 1 unspecified atom stereocenters. The van der Waals surface area contributed by atoms with Crippen molar-refractivity contribution in [2.24, 2.45) is 7.05 Å². The minimum atomic E-state index is -3.11. The van der Waals surface area contributed by atoms with E-state index in [0.29, 0.717) is 27.2 Å². The molecule has 0 aliphatic carbocycles. The van der Waals surface area contributed by atoms with Crippen molar-refractivity contribution in [2.75, 3.05) is 0 Å². The number of fused-ring (bicyclic) bond motifs is 2. The summed E-state index contributed by atoms with van der Waals surface area (Å²) >= 11 is 6.03. The van der Waals surface area contributed by atoms with Gasteiger partial charge < -0.3 is 0 Å². The number of pyridine rings is 2. The molecule has 9 heteroatoms. The molecule has 0 saturated carbocycles. The van der Waals surface area contributed by atoms with Crippen LogP contribution in [0.25, 0.3) is 38.6 Å². The zero-order valence-electron chi connectivity index (χ0n) is 17.9. The first-order valence-corrected chi connectivity index (χ1v) is 10.8. The molecule has 5 rings (SSSR count). The molecule has 5 nitrogen and oxygen atoms in total. The Bertz CT molecular complexity index is 1580. The monoisotopic (exact) mass is 482 g/mol. The third-order valence-corrected chi connectivity index (χ3v) is 5.86. The van der Waals surface area contributed by atoms with Gasteiger partial charge in [0.1, 0.15) is 0 Å². The summed E-state index contributed by atoms with van der Waals surface area (Å²) in [6.07, 6.45) is -2.49. The quantitative estimate of drug-likeness (QED) is 0.321. The van der Waals surface area contributed by atoms with Crippen molar-refractivity contribution in [2.45, 2.75) is 19.0 Å². The lowest BCUT2D eigenvalue weighted by Gasteiger charge is -2.14. The number of aryl methyl sites for hydroxylation is 1. The van der Waals surface area contributed by atoms with Gasteiger partial charge in [-0.05, 0) is 48.0 Å². The highest BCUT2D eigenvalue weighted by Crippen LogP contribution is 2.28. The van der Waals surface area contributed by atoms with Crippen molar-refractivity contribution in [3.05, 3.63) is 88.1 Å². The van der Waals surface area contributed by atoms with Gasteiger partial charge in [-0.2, -0.15) is 5.10 Å². The van der Waals surface area contributed by atoms with E-state index in [9.17, 15) is 18.0 Å². The molecule has 172 valence electrons. The number of nitrogens with zero attached hydrogens (tertiary/aromatic N) is 4. The van der Waals surface area contributed by atoms with Gasteiger partial charge in [-0.1, -0.05) is 23.7 Å². The maximum absolute atomic E-state index is 13.7. The smallest absolute Gasteiger partial charge is 0.269 e. The molecule has 0 aliphatic rings. The average Bonchev–Trinajstić information content (AvgIpc) is 3.18. The summed E-state index contributed by atoms with van der Waals surface area (Å²) in [5.41, 5.74) is 2.36. The highest BCUT2D eigenvalue weighted by atomic mass is 35.5. The van der Waals surface area contributed by atoms with Crippen molar-refractivity contribution in [3.8, 4) is 16.8 Å². The number of rotatable bonds is 5. The van der Waals surface area contributed by atoms with Crippen LogP contribution < -0.4 is 5.56 Å². The van der Waals surface area contributed by atoms with E-state index in [1.807, 2.05) is 25.4 Å². The second-order valence-electron chi connectivity index (χ2n) is 8.03. The van der Waals surface area contributed by atoms with Gasteiger partial charge in [0.15, 0.2) is 6.17 Å². The van der Waals surface area contributed by atoms with Crippen molar-refractivity contribution < 1.29 is 13.2 Å². The van der Waals surface area contributed by atoms with E-state index in [2.05, 4.69) is 10.1 Å². The maximum Gasteiger partial charge on any atom is 0.269 e. The van der Waals surface area contributed by atoms with E-state index in [1.54, 1.807) is 47.3 Å². The molecule has 0 N–H and O–H groups in total. The summed E-state index contributed by atoms with van der Waals surface area (Å²) in [7, 11) is 1.82. The Morgan fingerprint density at radius 2 is 1.74 bits per heavy atom. The molecule has 0 aliphatic heterocycles. The molecule has 0 spiro atoms. The maximum atomic E-state index is 13.7. The van der Waals surface area contributed by atoms with Gasteiger partial charge in [0.2, 0.25) is 0 Å². The van der Waals surface area contributed by atoms with Crippen molar-refractivity contribution in [1.29, 1.82) is 0 Å². The largest absolute Gasteiger partial charge is 0.283 e. The molecule has 34 heavy (non-hydrogen) atoms. The molecule has 0 fully saturated rings. The zero-order chi connectivity index (χ0) is 24.0. The molecule has 2 aromatic carbocycles. The van der Waals surface area contributed by atoms with Crippen molar-refractivity contribution in [3.63, 3.8) is 0 Å². The number of hydrogen-bond donors (Lipinski definition) is 0. The van der Waals surface area contributed by atoms with Crippen LogP contribution >= 0.6 is 11.6 Å². The van der Waals surface area contributed by atoms with E-state index in [-0.39, 0.29) is 16.8 Å². The predicted molar refractivity (Wildman–Crippen MR) is 127 cm³/mol. The second-order valence-corrected chi connectivity index (χ2v) is 8.46. The molecule has 0 radical (unpaired) electrons. The lowest BCUT2D eigenvalue weighted by Crippen LogP contribution is -2.21. The van der Waals surface area contributed by atoms with Gasteiger partial charge in [-0.15, -0.1) is 0 Å². The summed E-state index contributed by atoms with van der Waals surface area (Å²) in [6, 6.07) is 15.3. The number of alkyl halides is 3. The van der Waals surface area contributed by atoms with E-state index < -0.39 is 19.0 Å². The number of hydrogen-bond acceptors (Lipinski definition) is 3. The molecular formula is C25H18ClF3N4O. The molecule has 0 amide bonds. The van der Waals surface area contributed by atoms with E-state index >= 15 is 0 Å². The normalized spacial score (nSPS) is 12.6. The van der Waals surface area contributed by atoms with Crippen LogP contribution in [0, 0.1) is 0 Å². The van der Waals surface area contributed by atoms with Crippen LogP contribution in [0.4, 0.5) is 13.2 Å². The standard InChI is InChI=1S/C25H18ClF3N4O/c1-32-12-16-10-19(8-9-21(16)31-32)33-13-15-4-7-18(11-20(27)24(28)29)30-23(15)22(25(33)34)14-2-5-17(26)6-3-14/h2-10,12-13,20,24H,11H2,1H3. The predicted octanol–water partition coefficient (Wildman–Crippen LogP) is 5.74. The van der Waals surface area contributed by atoms with Crippen molar-refractivity contribution in [1.82, 2.24) is 19.3 Å². The van der Waals surface area contributed by atoms with Gasteiger partial charge in [0, 0.05) is 53.0 Å². The fourth-order valence-electron chi connectivity index (χ4n) is 3.99. The van der Waals surface area contributed by atoms with Crippen LogP contribution in [0.1, 0.15) is 5.69 Å². The Morgan fingerprint density at radius 3 is 2.47 bits per heavy atom. The first-order valence-electron chi connectivity index (χ1n) is 10.5. The van der Waals surface area contributed by atoms with Gasteiger partial charge >= 0.3 is 0 Å². The van der Waals surface area contributed by atoms with Crippen LogP contribution in [-0.2, 0) is 13.5 Å². The third kappa shape index (κ3) is 4.05. The lowest BCUT2D eigenvalue weighted by molar-refractivity contribution is 0.0498. The fourth-order valence-corrected chi connectivity index (χ4v) is 4.12. The topological polar surface area (TPSA) is 52.7 Å². The van der Waals surface area contributed by atoms with Gasteiger partial charge in [0.05, 0.1) is 16.6 Å². The van der Waals surface area contributed by atoms with Crippen molar-refractivity contribution >= 4 is 33.4 Å². The molecule has 1 atom stereocenters. The SMILES string of the molecule is Cn1cc2cc(-n3cc4ccc(CC(F)C(F)F)nc4c(-c4ccc(Cl)cc4)c3=O)ccc2n1. The summed E-state index contributed by atoms with van der Waals surface area (Å²) in [4.78, 5) is 18.1. The Morgan fingerprint density at radius 1 is 0.971 bits per heavy atom. The van der Waals surface area contributed by atoms with Gasteiger partial charge in [0.25, 0.3) is 12.0 Å². The van der Waals surface area contributed by atoms with E-state index in [1.165, 1.54) is 10.6 Å². The minimum Gasteiger partial charge on any atom is -0.283 e. The Hall–Kier alpha value is -3.65. The van der Waals surface area contributed by atoms with Crippen LogP contribution in [0.2, 0.25) is 5.02 Å². The molecule has 0 saturated heterocycles. The fraction of sp³-hybridized carbons (Fsp3) is 0.160. The average molecular weight is 483 g/mol. The van der Waals surface area contributed by atoms with E-state index in [0.717, 1.165) is 10.9 Å². The molecule has 3 aromatic heterocycles. The Kier molecular flexibility index (Phi) is 5.61. The van der Waals surface area contributed by atoms with Crippen LogP contribution in [-0.4, -0.2) is 31.9 Å². The molecular weight excluding hydrogens is 465 g/mol. The first kappa shape index (κ1) is 22.2. The number of aromatic nitrogens is 4. The minimum absolute atomic E-state index is 0.143. The van der Waals surface area contributed by atoms with Crippen LogP contribution in [0.3, 0.4) is 0 Å². The molecule has 5 aromatic rings. The van der Waals surface area contributed by atoms with Crippen LogP contribution in [0.15, 0.2) is 71.8 Å². The number of halogens is 4. The summed E-state index contributed by atoms with van der Waals surface area (Å²) in [5, 5.41) is 6.33. The second kappa shape index (κ2) is 8.61. The summed E-state index contributed by atoms with van der Waals surface area (Å²) < 4.78 is 42.4. The molecule has 3 heterocycles. The Balaban J connectivity index is 1.75.